The number of nitrogens with zero attached hydrogens (tertiary/aromatic N) is 2. The number of nitrogens with one attached hydrogen (secondary N) is 2. The van der Waals surface area contributed by atoms with Crippen LogP contribution in [0.3, 0.4) is 0 Å². The van der Waals surface area contributed by atoms with Gasteiger partial charge in [0, 0.05) is 12.0 Å². The molecule has 1 aliphatic rings. The Morgan fingerprint density at radius 3 is 2.59 bits per heavy atom. The largest absolute Gasteiger partial charge is 0.497 e. The number of carbonyl (C=O) groups excluding carboxylic acids is 2. The van der Waals surface area contributed by atoms with Gasteiger partial charge in [0.25, 0.3) is 0 Å². The molecule has 3 aromatic rings. The number of para-hydroxylation sites is 1. The molecule has 32 heavy (non-hydrogen) atoms. The minimum Gasteiger partial charge on any atom is -0.497 e. The van der Waals surface area contributed by atoms with Gasteiger partial charge >= 0.3 is 0 Å². The van der Waals surface area contributed by atoms with E-state index in [2.05, 4.69) is 20.5 Å². The van der Waals surface area contributed by atoms with Crippen LogP contribution in [-0.2, 0) is 9.59 Å². The van der Waals surface area contributed by atoms with E-state index in [9.17, 15) is 9.59 Å². The lowest BCUT2D eigenvalue weighted by atomic mass is 9.96. The Kier molecular flexibility index (Phi) is 6.87. The molecule has 0 aliphatic carbocycles. The number of fused-ring (bicyclic) bond motifs is 1. The van der Waals surface area contributed by atoms with Gasteiger partial charge in [0.05, 0.1) is 36.7 Å². The smallest absolute Gasteiger partial charge is 0.238 e. The number of hydrogen-bond acceptors (Lipinski definition) is 7. The number of thiazole rings is 1. The molecule has 1 saturated heterocycles. The number of hydrogen-bond donors (Lipinski definition) is 2. The second-order valence-corrected chi connectivity index (χ2v) is 8.67. The van der Waals surface area contributed by atoms with E-state index >= 15 is 0 Å². The summed E-state index contributed by atoms with van der Waals surface area (Å²) in [5.41, 5.74) is 1.49. The van der Waals surface area contributed by atoms with Crippen LogP contribution in [0, 0.1) is 5.92 Å². The van der Waals surface area contributed by atoms with Crippen molar-refractivity contribution < 1.29 is 19.1 Å². The maximum atomic E-state index is 12.7. The van der Waals surface area contributed by atoms with Crippen molar-refractivity contribution in [3.05, 3.63) is 42.5 Å². The van der Waals surface area contributed by atoms with Crippen LogP contribution in [0.15, 0.2) is 42.5 Å². The van der Waals surface area contributed by atoms with Gasteiger partial charge in [-0.1, -0.05) is 23.5 Å². The number of methoxy groups -OCH3 is 2. The summed E-state index contributed by atoms with van der Waals surface area (Å²) >= 11 is 1.48. The van der Waals surface area contributed by atoms with Crippen molar-refractivity contribution in [1.82, 2.24) is 9.88 Å². The molecule has 2 aromatic carbocycles. The maximum Gasteiger partial charge on any atom is 0.238 e. The predicted octanol–water partition coefficient (Wildman–Crippen LogP) is 3.60. The fraction of sp³-hybridized carbons (Fsp3) is 0.348. The highest BCUT2D eigenvalue weighted by Gasteiger charge is 2.26. The van der Waals surface area contributed by atoms with Crippen LogP contribution in [-0.4, -0.2) is 55.6 Å². The summed E-state index contributed by atoms with van der Waals surface area (Å²) in [7, 11) is 3.13. The molecule has 9 heteroatoms. The summed E-state index contributed by atoms with van der Waals surface area (Å²) in [6.07, 6.45) is 1.41. The second kappa shape index (κ2) is 9.97. The molecule has 0 saturated carbocycles. The molecule has 1 fully saturated rings. The number of aromatic nitrogens is 1. The van der Waals surface area contributed by atoms with Crippen molar-refractivity contribution in [1.29, 1.82) is 0 Å². The van der Waals surface area contributed by atoms with E-state index in [-0.39, 0.29) is 24.3 Å². The van der Waals surface area contributed by atoms with Crippen molar-refractivity contribution in [3.8, 4) is 11.5 Å². The van der Waals surface area contributed by atoms with Gasteiger partial charge in [-0.25, -0.2) is 4.98 Å². The molecule has 0 unspecified atom stereocenters. The first-order valence-electron chi connectivity index (χ1n) is 10.5. The van der Waals surface area contributed by atoms with Crippen molar-refractivity contribution in [2.45, 2.75) is 12.8 Å². The topological polar surface area (TPSA) is 92.8 Å². The Hall–Kier alpha value is -3.17. The molecule has 8 nitrogen and oxygen atoms in total. The first-order chi connectivity index (χ1) is 15.6. The summed E-state index contributed by atoms with van der Waals surface area (Å²) < 4.78 is 11.6. The highest BCUT2D eigenvalue weighted by atomic mass is 32.1. The third-order valence-corrected chi connectivity index (χ3v) is 6.48. The van der Waals surface area contributed by atoms with Gasteiger partial charge in [-0.05, 0) is 50.2 Å². The third kappa shape index (κ3) is 5.17. The van der Waals surface area contributed by atoms with E-state index in [0.717, 1.165) is 10.2 Å². The van der Waals surface area contributed by atoms with Crippen LogP contribution < -0.4 is 20.1 Å². The van der Waals surface area contributed by atoms with Gasteiger partial charge in [-0.15, -0.1) is 0 Å². The molecule has 2 amide bonds. The van der Waals surface area contributed by atoms with E-state index in [1.165, 1.54) is 11.3 Å². The van der Waals surface area contributed by atoms with Gasteiger partial charge in [0.2, 0.25) is 11.8 Å². The average molecular weight is 455 g/mol. The fourth-order valence-electron chi connectivity index (χ4n) is 3.78. The first kappa shape index (κ1) is 22.0. The number of rotatable bonds is 7. The molecular weight excluding hydrogens is 428 g/mol. The Morgan fingerprint density at radius 2 is 1.88 bits per heavy atom. The Bertz CT molecular complexity index is 1080. The van der Waals surface area contributed by atoms with Crippen molar-refractivity contribution in [3.63, 3.8) is 0 Å². The summed E-state index contributed by atoms with van der Waals surface area (Å²) in [5, 5.41) is 6.48. The molecule has 0 bridgehead atoms. The van der Waals surface area contributed by atoms with E-state index < -0.39 is 0 Å². The van der Waals surface area contributed by atoms with Gasteiger partial charge in [0.1, 0.15) is 11.5 Å². The molecular formula is C23H26N4O4S. The zero-order valence-electron chi connectivity index (χ0n) is 18.1. The quantitative estimate of drug-likeness (QED) is 0.567. The number of piperidine rings is 1. The highest BCUT2D eigenvalue weighted by molar-refractivity contribution is 7.22. The number of benzene rings is 2. The van der Waals surface area contributed by atoms with Gasteiger partial charge < -0.3 is 20.1 Å². The predicted molar refractivity (Wildman–Crippen MR) is 126 cm³/mol. The molecule has 1 aliphatic heterocycles. The van der Waals surface area contributed by atoms with Gasteiger partial charge in [-0.2, -0.15) is 0 Å². The zero-order valence-corrected chi connectivity index (χ0v) is 18.9. The van der Waals surface area contributed by atoms with Crippen molar-refractivity contribution in [2.24, 2.45) is 5.92 Å². The minimum atomic E-state index is -0.120. The Balaban J connectivity index is 1.26. The van der Waals surface area contributed by atoms with Crippen LogP contribution in [0.4, 0.5) is 10.8 Å². The number of carbonyl (C=O) groups is 2. The molecule has 168 valence electrons. The van der Waals surface area contributed by atoms with Crippen LogP contribution in [0.2, 0.25) is 0 Å². The van der Waals surface area contributed by atoms with Crippen molar-refractivity contribution in [2.75, 3.05) is 44.5 Å². The van der Waals surface area contributed by atoms with Crippen LogP contribution in [0.25, 0.3) is 10.2 Å². The lowest BCUT2D eigenvalue weighted by Gasteiger charge is -2.30. The number of ether oxygens (including phenoxy) is 2. The summed E-state index contributed by atoms with van der Waals surface area (Å²) in [5.74, 6) is 0.999. The molecule has 2 N–H and O–H groups in total. The number of amides is 2. The number of likely N-dealkylation sites (tertiary alicyclic amines) is 1. The summed E-state index contributed by atoms with van der Waals surface area (Å²) in [6.45, 7) is 1.64. The first-order valence-corrected chi connectivity index (χ1v) is 11.3. The summed E-state index contributed by atoms with van der Waals surface area (Å²) in [6, 6.07) is 13.1. The van der Waals surface area contributed by atoms with Crippen molar-refractivity contribution >= 4 is 44.2 Å². The van der Waals surface area contributed by atoms with E-state index in [1.54, 1.807) is 32.4 Å². The fourth-order valence-corrected chi connectivity index (χ4v) is 4.65. The Labute approximate surface area is 190 Å². The van der Waals surface area contributed by atoms with Gasteiger partial charge in [-0.3, -0.25) is 14.5 Å². The van der Waals surface area contributed by atoms with Crippen LogP contribution in [0.1, 0.15) is 12.8 Å². The van der Waals surface area contributed by atoms with Crippen LogP contribution >= 0.6 is 11.3 Å². The van der Waals surface area contributed by atoms with E-state index in [1.807, 2.05) is 24.3 Å². The molecule has 0 spiro atoms. The number of anilines is 2. The molecule has 0 radical (unpaired) electrons. The molecule has 4 rings (SSSR count). The highest BCUT2D eigenvalue weighted by Crippen LogP contribution is 2.29. The van der Waals surface area contributed by atoms with Gasteiger partial charge in [0.15, 0.2) is 5.13 Å². The van der Waals surface area contributed by atoms with E-state index in [4.69, 9.17) is 9.47 Å². The van der Waals surface area contributed by atoms with Crippen LogP contribution in [0.5, 0.6) is 11.5 Å². The zero-order chi connectivity index (χ0) is 22.5. The molecule has 1 aromatic heterocycles. The average Bonchev–Trinajstić information content (AvgIpc) is 3.22. The molecule has 0 atom stereocenters. The summed E-state index contributed by atoms with van der Waals surface area (Å²) in [4.78, 5) is 31.7. The minimum absolute atomic E-state index is 0.00359. The normalized spacial score (nSPS) is 14.8. The Morgan fingerprint density at radius 1 is 1.09 bits per heavy atom. The lowest BCUT2D eigenvalue weighted by molar-refractivity contribution is -0.121. The molecule has 2 heterocycles. The van der Waals surface area contributed by atoms with E-state index in [0.29, 0.717) is 48.2 Å². The monoisotopic (exact) mass is 454 g/mol. The second-order valence-electron chi connectivity index (χ2n) is 7.64. The maximum absolute atomic E-state index is 12.7. The lowest BCUT2D eigenvalue weighted by Crippen LogP contribution is -2.41. The SMILES string of the molecule is COc1ccc(NC(=O)CN2CCC(C(=O)Nc3nc4ccccc4s3)CC2)c(OC)c1. The third-order valence-electron chi connectivity index (χ3n) is 5.53. The standard InChI is InChI=1S/C23H26N4O4S/c1-30-16-7-8-17(19(13-16)31-2)24-21(28)14-27-11-9-15(10-12-27)22(29)26-23-25-18-5-3-4-6-20(18)32-23/h3-8,13,15H,9-12,14H2,1-2H3,(H,24,28)(H,25,26,29).